The normalized spacial score (nSPS) is 22.2. The van der Waals surface area contributed by atoms with E-state index in [1.807, 2.05) is 24.5 Å². The van der Waals surface area contributed by atoms with E-state index in [4.69, 9.17) is 0 Å². The van der Waals surface area contributed by atoms with Gasteiger partial charge in [0.15, 0.2) is 12.3 Å². The van der Waals surface area contributed by atoms with Crippen molar-refractivity contribution in [3.63, 3.8) is 0 Å². The van der Waals surface area contributed by atoms with E-state index in [0.29, 0.717) is 58.3 Å². The van der Waals surface area contributed by atoms with Gasteiger partial charge in [0.05, 0.1) is 26.2 Å². The molecule has 0 saturated carbocycles. The van der Waals surface area contributed by atoms with Crippen LogP contribution in [0.1, 0.15) is 172 Å². The Hall–Kier alpha value is -2.92. The zero-order valence-corrected chi connectivity index (χ0v) is 34.1. The van der Waals surface area contributed by atoms with Gasteiger partial charge in [0.2, 0.25) is 11.8 Å². The maximum Gasteiger partial charge on any atom is 0.224 e. The predicted octanol–water partition coefficient (Wildman–Crippen LogP) is 9.56. The number of carbonyl (C=O) groups excluding carboxylic acids is 2. The zero-order chi connectivity index (χ0) is 38.9. The lowest BCUT2D eigenvalue weighted by Gasteiger charge is -2.47. The molecular formula is C45H74N6O4. The Kier molecular flexibility index (Phi) is 21.2. The number of amides is 2. The summed E-state index contributed by atoms with van der Waals surface area (Å²) in [6.07, 6.45) is 30.5. The maximum atomic E-state index is 13.8. The molecule has 2 N–H and O–H groups in total. The Morgan fingerprint density at radius 1 is 0.527 bits per heavy atom. The van der Waals surface area contributed by atoms with Crippen molar-refractivity contribution in [1.29, 1.82) is 0 Å². The lowest BCUT2D eigenvalue weighted by Crippen LogP contribution is -2.58. The molecule has 2 saturated heterocycles. The van der Waals surface area contributed by atoms with Gasteiger partial charge in [-0.3, -0.25) is 19.6 Å². The number of aryl methyl sites for hydroxylation is 2. The van der Waals surface area contributed by atoms with Crippen LogP contribution in [0.15, 0.2) is 48.8 Å². The molecule has 2 aromatic heterocycles. The third-order valence-corrected chi connectivity index (χ3v) is 12.0. The van der Waals surface area contributed by atoms with Gasteiger partial charge in [-0.1, -0.05) is 102 Å². The Balaban J connectivity index is 0.979. The van der Waals surface area contributed by atoms with Crippen molar-refractivity contribution in [3.8, 4) is 0 Å². The largest absolute Gasteiger partial charge is 0.631 e. The van der Waals surface area contributed by atoms with Gasteiger partial charge in [0.25, 0.3) is 0 Å². The quantitative estimate of drug-likeness (QED) is 0.0463. The zero-order valence-electron chi connectivity index (χ0n) is 34.1. The van der Waals surface area contributed by atoms with Crippen LogP contribution in [0.5, 0.6) is 0 Å². The van der Waals surface area contributed by atoms with Gasteiger partial charge < -0.3 is 30.3 Å². The van der Waals surface area contributed by atoms with Crippen LogP contribution in [0, 0.1) is 10.4 Å². The Bertz CT molecular complexity index is 1220. The number of quaternary nitrogens is 2. The summed E-state index contributed by atoms with van der Waals surface area (Å²) in [6.45, 7) is 1.64. The number of hydroxylamine groups is 6. The smallest absolute Gasteiger partial charge is 0.224 e. The fourth-order valence-electron chi connectivity index (χ4n) is 8.67. The van der Waals surface area contributed by atoms with Gasteiger partial charge >= 0.3 is 0 Å². The van der Waals surface area contributed by atoms with E-state index in [0.717, 1.165) is 64.2 Å². The molecule has 4 rings (SSSR count). The minimum absolute atomic E-state index is 0.0175. The highest BCUT2D eigenvalue weighted by Gasteiger charge is 2.38. The summed E-state index contributed by atoms with van der Waals surface area (Å²) in [7, 11) is 0. The monoisotopic (exact) mass is 763 g/mol. The lowest BCUT2D eigenvalue weighted by molar-refractivity contribution is -0.913. The van der Waals surface area contributed by atoms with Crippen LogP contribution in [-0.4, -0.2) is 69.6 Å². The molecule has 4 atom stereocenters. The molecule has 0 radical (unpaired) electrons. The maximum absolute atomic E-state index is 13.8. The lowest BCUT2D eigenvalue weighted by atomic mass is 10.0. The first-order valence-electron chi connectivity index (χ1n) is 22.4. The van der Waals surface area contributed by atoms with E-state index in [1.165, 1.54) is 88.4 Å². The molecule has 0 aliphatic carbocycles. The van der Waals surface area contributed by atoms with Crippen molar-refractivity contribution < 1.29 is 18.9 Å². The second kappa shape index (κ2) is 26.1. The molecule has 2 amide bonds. The van der Waals surface area contributed by atoms with Crippen molar-refractivity contribution in [2.75, 3.05) is 26.2 Å². The minimum Gasteiger partial charge on any atom is -0.631 e. The predicted molar refractivity (Wildman–Crippen MR) is 222 cm³/mol. The molecule has 308 valence electrons. The molecule has 55 heavy (non-hydrogen) atoms. The summed E-state index contributed by atoms with van der Waals surface area (Å²) in [4.78, 5) is 34.3. The SMILES string of the molecule is O=C(CCCCCCCCCCCc1ccccn1)N[C@@H]1CCC[N+]1([O-])CCC[N+]1([O-])CCC[C@H]1NC(=O)CCCCCCCCCCCc1ccccn1. The number of rotatable bonds is 30. The molecule has 10 heteroatoms. The van der Waals surface area contributed by atoms with Crippen molar-refractivity contribution in [1.82, 2.24) is 20.6 Å². The molecule has 2 aliphatic rings. The highest BCUT2D eigenvalue weighted by atomic mass is 16.6. The highest BCUT2D eigenvalue weighted by Crippen LogP contribution is 2.28. The van der Waals surface area contributed by atoms with Gasteiger partial charge in [-0.15, -0.1) is 0 Å². The second-order valence-corrected chi connectivity index (χ2v) is 16.6. The fourth-order valence-corrected chi connectivity index (χ4v) is 8.67. The molecule has 10 nitrogen and oxygen atoms in total. The van der Waals surface area contributed by atoms with E-state index in [1.54, 1.807) is 0 Å². The summed E-state index contributed by atoms with van der Waals surface area (Å²) < 4.78 is -0.868. The van der Waals surface area contributed by atoms with Gasteiger partial charge in [-0.05, 0) is 62.8 Å². The van der Waals surface area contributed by atoms with Crippen LogP contribution in [0.3, 0.4) is 0 Å². The van der Waals surface area contributed by atoms with Crippen LogP contribution in [0.25, 0.3) is 0 Å². The van der Waals surface area contributed by atoms with Crippen LogP contribution in [0.2, 0.25) is 0 Å². The molecule has 2 unspecified atom stereocenters. The van der Waals surface area contributed by atoms with Gasteiger partial charge in [0.1, 0.15) is 0 Å². The fraction of sp³-hybridized carbons (Fsp3) is 0.733. The average Bonchev–Trinajstić information content (AvgIpc) is 3.73. The third kappa shape index (κ3) is 17.8. The van der Waals surface area contributed by atoms with Crippen molar-refractivity contribution in [3.05, 3.63) is 70.6 Å². The summed E-state index contributed by atoms with van der Waals surface area (Å²) >= 11 is 0. The first-order chi connectivity index (χ1) is 26.9. The summed E-state index contributed by atoms with van der Waals surface area (Å²) in [5, 5.41) is 33.7. The van der Waals surface area contributed by atoms with E-state index >= 15 is 0 Å². The third-order valence-electron chi connectivity index (χ3n) is 12.0. The van der Waals surface area contributed by atoms with E-state index in [2.05, 4.69) is 44.9 Å². The van der Waals surface area contributed by atoms with Gasteiger partial charge in [-0.2, -0.15) is 0 Å². The molecule has 0 spiro atoms. The molecular weight excluding hydrogens is 689 g/mol. The van der Waals surface area contributed by atoms with Crippen LogP contribution in [-0.2, 0) is 22.4 Å². The number of nitrogens with one attached hydrogen (secondary N) is 2. The Labute approximate surface area is 333 Å². The molecule has 2 aromatic rings. The first-order valence-corrected chi connectivity index (χ1v) is 22.4. The van der Waals surface area contributed by atoms with Gasteiger partial charge in [0, 0.05) is 68.7 Å². The standard InChI is InChI=1S/C45H74N6O4/c52-44(32-17-13-9-5-1-3-7-11-15-26-40-28-19-21-34-46-40)48-42-30-23-36-50(42,54)38-25-39-51(55)37-24-31-43(51)49-45(53)33-18-14-10-6-2-4-8-12-16-27-41-29-20-22-35-47-41/h19-22,28-29,34-35,42-43H,1-18,23-27,30-33,36-39H2,(H,48,52)(H,49,53)/t42-,43-,50?,51?/m0/s1. The van der Waals surface area contributed by atoms with Gasteiger partial charge in [-0.25, -0.2) is 0 Å². The number of likely N-dealkylation sites (tertiary alicyclic amines) is 2. The molecule has 0 aromatic carbocycles. The second-order valence-electron chi connectivity index (χ2n) is 16.6. The van der Waals surface area contributed by atoms with Crippen LogP contribution in [0.4, 0.5) is 0 Å². The van der Waals surface area contributed by atoms with E-state index < -0.39 is 21.6 Å². The number of hydrogen-bond donors (Lipinski definition) is 2. The number of hydrogen-bond acceptors (Lipinski definition) is 6. The van der Waals surface area contributed by atoms with E-state index in [-0.39, 0.29) is 11.8 Å². The first kappa shape index (κ1) is 44.8. The number of unbranched alkanes of at least 4 members (excludes halogenated alkanes) is 16. The average molecular weight is 763 g/mol. The number of carbonyl (C=O) groups is 2. The Morgan fingerprint density at radius 3 is 1.25 bits per heavy atom. The topological polar surface area (TPSA) is 130 Å². The van der Waals surface area contributed by atoms with Crippen molar-refractivity contribution >= 4 is 11.8 Å². The number of nitrogens with zero attached hydrogens (tertiary/aromatic N) is 4. The summed E-state index contributed by atoms with van der Waals surface area (Å²) in [6, 6.07) is 12.2. The van der Waals surface area contributed by atoms with E-state index in [9.17, 15) is 20.0 Å². The van der Waals surface area contributed by atoms with Crippen LogP contribution < -0.4 is 10.6 Å². The minimum atomic E-state index is -0.434. The summed E-state index contributed by atoms with van der Waals surface area (Å²) in [5.41, 5.74) is 2.37. The van der Waals surface area contributed by atoms with Crippen molar-refractivity contribution in [2.45, 2.75) is 186 Å². The number of aromatic nitrogens is 2. The Morgan fingerprint density at radius 2 is 0.891 bits per heavy atom. The van der Waals surface area contributed by atoms with Crippen molar-refractivity contribution in [2.24, 2.45) is 0 Å². The molecule has 0 bridgehead atoms. The summed E-state index contributed by atoms with van der Waals surface area (Å²) in [5.74, 6) is -0.0350. The molecule has 4 heterocycles. The number of pyridine rings is 2. The van der Waals surface area contributed by atoms with Crippen LogP contribution >= 0.6 is 0 Å². The molecule has 2 aliphatic heterocycles. The molecule has 2 fully saturated rings. The highest BCUT2D eigenvalue weighted by molar-refractivity contribution is 5.76.